The molecule has 6 N–H and O–H groups in total. The van der Waals surface area contributed by atoms with Crippen molar-refractivity contribution in [2.24, 2.45) is 5.73 Å². The van der Waals surface area contributed by atoms with Crippen molar-refractivity contribution >= 4 is 48.8 Å². The molecule has 0 unspecified atom stereocenters. The molecule has 0 radical (unpaired) electrons. The number of hydrogen-bond acceptors (Lipinski definition) is 6. The van der Waals surface area contributed by atoms with Gasteiger partial charge in [0.25, 0.3) is 0 Å². The molecule has 2 atom stereocenters. The number of carboxylic acid groups (broad SMARTS) is 2. The van der Waals surface area contributed by atoms with Gasteiger partial charge in [-0.2, -0.15) is 0 Å². The van der Waals surface area contributed by atoms with Gasteiger partial charge >= 0.3 is 132 Å². The van der Waals surface area contributed by atoms with E-state index < -0.39 is 42.4 Å². The van der Waals surface area contributed by atoms with E-state index in [0.717, 1.165) is 0 Å². The zero-order valence-electron chi connectivity index (χ0n) is 10.9. The van der Waals surface area contributed by atoms with E-state index in [-0.39, 0.29) is 18.6 Å². The summed E-state index contributed by atoms with van der Waals surface area (Å²) in [5.41, 5.74) is 5.26. The number of carbonyl (C=O) groups excluding carboxylic acids is 2. The van der Waals surface area contributed by atoms with Crippen LogP contribution in [0.4, 0.5) is 0 Å². The Morgan fingerprint density at radius 3 is 2.33 bits per heavy atom. The second-order valence-corrected chi connectivity index (χ2v) is 6.05. The molecule has 0 aliphatic carbocycles. The van der Waals surface area contributed by atoms with Crippen molar-refractivity contribution in [3.05, 3.63) is 0 Å². The molecule has 0 aliphatic rings. The van der Waals surface area contributed by atoms with Crippen LogP contribution in [0.1, 0.15) is 12.8 Å². The van der Waals surface area contributed by atoms with Gasteiger partial charge in [-0.15, -0.1) is 0 Å². The number of nitrogens with two attached hydrogens (primary N) is 1. The SMILES string of the molecule is N[C@@H](CCC(=O)N[C@@H](CS[Se-])C(=O)NCC(=O)O)C(=O)O. The molecule has 0 saturated carbocycles. The average molecular weight is 385 g/mol. The maximum absolute atomic E-state index is 11.7. The zero-order valence-corrected chi connectivity index (χ0v) is 13.4. The topological polar surface area (TPSA) is 159 Å². The number of rotatable bonds is 10. The van der Waals surface area contributed by atoms with Gasteiger partial charge in [-0.25, -0.2) is 0 Å². The molecule has 0 fully saturated rings. The first-order valence-corrected chi connectivity index (χ1v) is 8.80. The predicted octanol–water partition coefficient (Wildman–Crippen LogP) is -2.32. The Hall–Kier alpha value is -1.29. The van der Waals surface area contributed by atoms with Crippen LogP contribution in [-0.2, 0) is 19.2 Å². The number of aliphatic carboxylic acids is 2. The molecule has 0 aliphatic heterocycles. The standard InChI is InChI=1S/C10H17N3O6SSe/c11-5(10(18)19)1-2-7(14)13-6(4-20-21)9(17)12-3-8(15)16/h5-6,21H,1-4,11H2,(H,12,17)(H,13,14)(H,15,16)(H,18,19)/p-1/t5-,6-/m0/s1. The van der Waals surface area contributed by atoms with E-state index in [1.54, 1.807) is 0 Å². The average Bonchev–Trinajstić information content (AvgIpc) is 2.41. The minimum absolute atomic E-state index is 0.0595. The molecule has 11 heteroatoms. The number of hydrogen-bond donors (Lipinski definition) is 5. The summed E-state index contributed by atoms with van der Waals surface area (Å²) in [5.74, 6) is -3.36. The van der Waals surface area contributed by atoms with Crippen molar-refractivity contribution in [3.63, 3.8) is 0 Å². The van der Waals surface area contributed by atoms with Gasteiger partial charge in [-0.3, -0.25) is 0 Å². The predicted molar refractivity (Wildman–Crippen MR) is 75.6 cm³/mol. The second kappa shape index (κ2) is 10.4. The van der Waals surface area contributed by atoms with Crippen LogP contribution in [-0.4, -0.2) is 73.2 Å². The van der Waals surface area contributed by atoms with Gasteiger partial charge in [0.2, 0.25) is 0 Å². The summed E-state index contributed by atoms with van der Waals surface area (Å²) in [6.07, 6.45) is -0.204. The van der Waals surface area contributed by atoms with Crippen LogP contribution in [0.25, 0.3) is 0 Å². The molecule has 0 bridgehead atoms. The number of carboxylic acids is 2. The van der Waals surface area contributed by atoms with Gasteiger partial charge in [-0.05, 0) is 0 Å². The number of amides is 2. The fourth-order valence-corrected chi connectivity index (χ4v) is 2.44. The van der Waals surface area contributed by atoms with Gasteiger partial charge in [0, 0.05) is 0 Å². The summed E-state index contributed by atoms with van der Waals surface area (Å²) >= 11 is 2.60. The molecule has 120 valence electrons. The molecule has 0 saturated heterocycles. The van der Waals surface area contributed by atoms with Crippen LogP contribution >= 0.6 is 10.2 Å². The molecule has 0 aromatic rings. The van der Waals surface area contributed by atoms with Crippen molar-refractivity contribution in [1.82, 2.24) is 10.6 Å². The Kier molecular flexibility index (Phi) is 9.80. The summed E-state index contributed by atoms with van der Waals surface area (Å²) in [7, 11) is 1.18. The normalized spacial score (nSPS) is 13.0. The molecular weight excluding hydrogens is 369 g/mol. The first-order valence-electron chi connectivity index (χ1n) is 5.80. The molecule has 0 aromatic heterocycles. The zero-order chi connectivity index (χ0) is 16.4. The third kappa shape index (κ3) is 9.29. The number of carbonyl (C=O) groups is 4. The van der Waals surface area contributed by atoms with Crippen LogP contribution in [0.15, 0.2) is 0 Å². The van der Waals surface area contributed by atoms with Gasteiger partial charge in [-0.1, -0.05) is 0 Å². The molecule has 0 heterocycles. The third-order valence-corrected chi connectivity index (χ3v) is 3.63. The van der Waals surface area contributed by atoms with E-state index in [1.165, 1.54) is 10.2 Å². The van der Waals surface area contributed by atoms with Crippen molar-refractivity contribution < 1.29 is 29.4 Å². The number of nitrogens with one attached hydrogen (secondary N) is 2. The Bertz CT molecular complexity index is 408. The van der Waals surface area contributed by atoms with Gasteiger partial charge in [0.1, 0.15) is 0 Å². The molecule has 0 rings (SSSR count). The Morgan fingerprint density at radius 2 is 1.86 bits per heavy atom. The molecule has 21 heavy (non-hydrogen) atoms. The van der Waals surface area contributed by atoms with E-state index in [9.17, 15) is 19.2 Å². The summed E-state index contributed by atoms with van der Waals surface area (Å²) in [6.45, 7) is -0.548. The third-order valence-electron chi connectivity index (χ3n) is 2.30. The molecule has 9 nitrogen and oxygen atoms in total. The molecule has 0 aromatic carbocycles. The van der Waals surface area contributed by atoms with Gasteiger partial charge < -0.3 is 0 Å². The van der Waals surface area contributed by atoms with E-state index in [4.69, 9.17) is 15.9 Å². The van der Waals surface area contributed by atoms with Gasteiger partial charge in [0.05, 0.1) is 0 Å². The Labute approximate surface area is 132 Å². The maximum atomic E-state index is 11.7. The van der Waals surface area contributed by atoms with Crippen LogP contribution < -0.4 is 16.4 Å². The molecular formula is C10H16N3O6SSe-. The van der Waals surface area contributed by atoms with Crippen molar-refractivity contribution in [2.45, 2.75) is 24.9 Å². The first-order chi connectivity index (χ1) is 9.77. The fourth-order valence-electron chi connectivity index (χ4n) is 1.21. The quantitative estimate of drug-likeness (QED) is 0.262. The molecule has 2 amide bonds. The summed E-state index contributed by atoms with van der Waals surface area (Å²) in [4.78, 5) is 44.2. The van der Waals surface area contributed by atoms with E-state index >= 15 is 0 Å². The van der Waals surface area contributed by atoms with Gasteiger partial charge in [0.15, 0.2) is 0 Å². The van der Waals surface area contributed by atoms with Crippen molar-refractivity contribution in [1.29, 1.82) is 0 Å². The molecule has 0 spiro atoms. The van der Waals surface area contributed by atoms with E-state index in [0.29, 0.717) is 0 Å². The van der Waals surface area contributed by atoms with Crippen LogP contribution in [0.5, 0.6) is 0 Å². The first kappa shape index (κ1) is 19.7. The summed E-state index contributed by atoms with van der Waals surface area (Å²) in [5, 5.41) is 21.6. The van der Waals surface area contributed by atoms with Crippen LogP contribution in [0, 0.1) is 0 Å². The Balaban J connectivity index is 4.35. The van der Waals surface area contributed by atoms with Crippen molar-refractivity contribution in [3.8, 4) is 0 Å². The minimum atomic E-state index is -1.21. The summed E-state index contributed by atoms with van der Waals surface area (Å²) in [6, 6.07) is -2.06. The summed E-state index contributed by atoms with van der Waals surface area (Å²) < 4.78 is 0. The fraction of sp³-hybridized carbons (Fsp3) is 0.600. The van der Waals surface area contributed by atoms with Crippen LogP contribution in [0.3, 0.4) is 0 Å². The second-order valence-electron chi connectivity index (χ2n) is 4.00. The van der Waals surface area contributed by atoms with E-state index in [1.807, 2.05) is 0 Å². The Morgan fingerprint density at radius 1 is 1.24 bits per heavy atom. The van der Waals surface area contributed by atoms with Crippen LogP contribution in [0.2, 0.25) is 0 Å². The van der Waals surface area contributed by atoms with Crippen molar-refractivity contribution in [2.75, 3.05) is 12.3 Å². The van der Waals surface area contributed by atoms with E-state index in [2.05, 4.69) is 25.5 Å². The monoisotopic (exact) mass is 386 g/mol.